The van der Waals surface area contributed by atoms with E-state index < -0.39 is 17.8 Å². The van der Waals surface area contributed by atoms with Crippen LogP contribution in [0.5, 0.6) is 0 Å². The number of rotatable bonds is 9. The predicted molar refractivity (Wildman–Crippen MR) is 172 cm³/mol. The minimum atomic E-state index is -5.82. The van der Waals surface area contributed by atoms with Gasteiger partial charge in [0.25, 0.3) is 0 Å². The summed E-state index contributed by atoms with van der Waals surface area (Å²) in [5.74, 6) is -5.15. The molecule has 19 heteroatoms. The molecule has 5 aromatic rings. The van der Waals surface area contributed by atoms with Crippen LogP contribution in [0.15, 0.2) is 15.3 Å². The molecule has 0 saturated heterocycles. The molecule has 10 nitrogen and oxygen atoms in total. The molecule has 5 rings (SSSR count). The van der Waals surface area contributed by atoms with E-state index in [0.29, 0.717) is 64.8 Å². The lowest BCUT2D eigenvalue weighted by Crippen LogP contribution is -2.34. The molecule has 0 spiro atoms. The summed E-state index contributed by atoms with van der Waals surface area (Å²) >= 11 is 15.7. The number of aromatic nitrogens is 10. The first-order valence-corrected chi connectivity index (χ1v) is 16.7. The second-order valence-electron chi connectivity index (χ2n) is 9.88. The second-order valence-corrected chi connectivity index (χ2v) is 12.8. The summed E-state index contributed by atoms with van der Waals surface area (Å²) in [5.41, 5.74) is 3.95. The van der Waals surface area contributed by atoms with E-state index in [9.17, 15) is 22.0 Å². The third-order valence-electron chi connectivity index (χ3n) is 7.27. The van der Waals surface area contributed by atoms with Crippen molar-refractivity contribution in [1.29, 1.82) is 0 Å². The van der Waals surface area contributed by atoms with Gasteiger partial charge >= 0.3 is 12.1 Å². The number of nitrogens with one attached hydrogen (secondary N) is 1. The van der Waals surface area contributed by atoms with Crippen molar-refractivity contribution in [2.75, 3.05) is 0 Å². The van der Waals surface area contributed by atoms with E-state index in [-0.39, 0.29) is 15.4 Å². The normalized spacial score (nSPS) is 12.6. The zero-order chi connectivity index (χ0) is 33.2. The van der Waals surface area contributed by atoms with E-state index in [0.717, 1.165) is 25.5 Å². The zero-order valence-corrected chi connectivity index (χ0v) is 30.4. The van der Waals surface area contributed by atoms with Gasteiger partial charge in [-0.25, -0.2) is 18.7 Å². The molecule has 0 bridgehead atoms. The fourth-order valence-electron chi connectivity index (χ4n) is 5.22. The Hall–Kier alpha value is -2.32. The molecule has 0 saturated carbocycles. The fraction of sp³-hybridized carbons (Fsp3) is 0.423. The molecular weight excluding hydrogens is 870 g/mol. The van der Waals surface area contributed by atoms with E-state index >= 15 is 0 Å². The van der Waals surface area contributed by atoms with Gasteiger partial charge in [-0.3, -0.25) is 5.10 Å². The van der Waals surface area contributed by atoms with Crippen molar-refractivity contribution in [3.63, 3.8) is 0 Å². The molecular formula is C26H25Br2ClF5IN10. The van der Waals surface area contributed by atoms with Gasteiger partial charge in [0, 0.05) is 6.07 Å². The molecule has 0 aromatic carbocycles. The number of hydrogen-bond donors (Lipinski definition) is 1. The highest BCUT2D eigenvalue weighted by atomic mass is 127. The molecule has 45 heavy (non-hydrogen) atoms. The number of alkyl halides is 5. The molecule has 242 valence electrons. The average molecular weight is 895 g/mol. The number of hydrogen-bond acceptors (Lipinski definition) is 5. The van der Waals surface area contributed by atoms with Crippen molar-refractivity contribution < 1.29 is 22.0 Å². The topological polar surface area (TPSA) is 100.0 Å². The lowest BCUT2D eigenvalue weighted by Gasteiger charge is -2.16. The van der Waals surface area contributed by atoms with E-state index in [1.165, 1.54) is 0 Å². The largest absolute Gasteiger partial charge is 0.459 e. The van der Waals surface area contributed by atoms with Crippen molar-refractivity contribution in [1.82, 2.24) is 49.3 Å². The van der Waals surface area contributed by atoms with Gasteiger partial charge in [-0.05, 0) is 87.1 Å². The van der Waals surface area contributed by atoms with Gasteiger partial charge in [0.05, 0.1) is 28.5 Å². The fourth-order valence-corrected chi connectivity index (χ4v) is 7.19. The Labute approximate surface area is 289 Å². The Kier molecular flexibility index (Phi) is 9.35. The van der Waals surface area contributed by atoms with Gasteiger partial charge in [0.15, 0.2) is 9.76 Å². The van der Waals surface area contributed by atoms with Gasteiger partial charge in [-0.1, -0.05) is 39.3 Å². The van der Waals surface area contributed by atoms with Crippen LogP contribution >= 0.6 is 66.1 Å². The highest BCUT2D eigenvalue weighted by molar-refractivity contribution is 14.1. The van der Waals surface area contributed by atoms with E-state index in [1.807, 2.05) is 25.5 Å². The summed E-state index contributed by atoms with van der Waals surface area (Å²) < 4.78 is 75.1. The molecule has 0 fully saturated rings. The second kappa shape index (κ2) is 12.4. The SMILES string of the molecule is CCc1[nH]nc(I)c1-n1nc(Br)c(-n2nc(Cl)c(-n3nc(C)c(-n4nc(C(F)(F)C(F)(F)F)cc4Br)c3CC)c2CC)c1CC. The molecule has 0 aliphatic rings. The third kappa shape index (κ3) is 5.46. The molecule has 0 unspecified atom stereocenters. The van der Waals surface area contributed by atoms with Crippen LogP contribution in [0.1, 0.15) is 61.9 Å². The molecule has 0 amide bonds. The summed E-state index contributed by atoms with van der Waals surface area (Å²) in [4.78, 5) is 0. The van der Waals surface area contributed by atoms with Crippen LogP contribution in [0.25, 0.3) is 22.7 Å². The quantitative estimate of drug-likeness (QED) is 0.119. The van der Waals surface area contributed by atoms with Crippen molar-refractivity contribution in [3.05, 3.63) is 58.3 Å². The Morgan fingerprint density at radius 1 is 0.778 bits per heavy atom. The minimum Gasteiger partial charge on any atom is -0.279 e. The molecule has 0 atom stereocenters. The van der Waals surface area contributed by atoms with Crippen LogP contribution in [0.3, 0.4) is 0 Å². The number of nitrogens with zero attached hydrogens (tertiary/aromatic N) is 9. The van der Waals surface area contributed by atoms with E-state index in [4.69, 9.17) is 16.7 Å². The maximum absolute atomic E-state index is 14.2. The number of aromatic amines is 1. The van der Waals surface area contributed by atoms with Crippen molar-refractivity contribution in [3.8, 4) is 22.7 Å². The lowest BCUT2D eigenvalue weighted by atomic mass is 10.2. The third-order valence-corrected chi connectivity index (χ3v) is 9.37. The molecule has 0 radical (unpaired) electrons. The van der Waals surface area contributed by atoms with Crippen LogP contribution in [-0.4, -0.2) is 55.5 Å². The maximum Gasteiger partial charge on any atom is 0.459 e. The minimum absolute atomic E-state index is 0.0967. The standard InChI is InChI=1S/C26H25Br2ClF5IN10/c1-6-12-19(24(35)37-36-12)42-14(8-3)20(22(28)40-42)43-15(9-4)21(23(29)41-43)44-13(7-2)18(11(5)38-44)45-17(27)10-16(39-45)25(30,31)26(32,33)34/h10H,6-9H2,1-5H3,(H,36,37). The van der Waals surface area contributed by atoms with E-state index in [1.54, 1.807) is 23.2 Å². The van der Waals surface area contributed by atoms with Crippen molar-refractivity contribution >= 4 is 66.1 Å². The number of H-pyrrole nitrogens is 1. The summed E-state index contributed by atoms with van der Waals surface area (Å²) in [6.45, 7) is 9.35. The Morgan fingerprint density at radius 2 is 1.33 bits per heavy atom. The van der Waals surface area contributed by atoms with Gasteiger partial charge in [0.2, 0.25) is 0 Å². The molecule has 1 N–H and O–H groups in total. The van der Waals surface area contributed by atoms with E-state index in [2.05, 4.69) is 79.9 Å². The zero-order valence-electron chi connectivity index (χ0n) is 24.3. The number of aryl methyl sites for hydroxylation is 2. The van der Waals surface area contributed by atoms with Gasteiger partial charge in [0.1, 0.15) is 36.7 Å². The molecule has 0 aliphatic heterocycles. The van der Waals surface area contributed by atoms with Gasteiger partial charge in [-0.15, -0.1) is 0 Å². The lowest BCUT2D eigenvalue weighted by molar-refractivity contribution is -0.291. The number of halogens is 9. The van der Waals surface area contributed by atoms with Crippen LogP contribution in [0.4, 0.5) is 22.0 Å². The first-order chi connectivity index (χ1) is 21.1. The molecule has 5 aromatic heterocycles. The highest BCUT2D eigenvalue weighted by Crippen LogP contribution is 2.44. The Morgan fingerprint density at radius 3 is 1.91 bits per heavy atom. The van der Waals surface area contributed by atoms with Crippen LogP contribution in [0, 0.1) is 10.6 Å². The monoisotopic (exact) mass is 892 g/mol. The Balaban J connectivity index is 1.71. The summed E-state index contributed by atoms with van der Waals surface area (Å²) in [7, 11) is 0. The summed E-state index contributed by atoms with van der Waals surface area (Å²) in [6.07, 6.45) is -3.77. The smallest absolute Gasteiger partial charge is 0.279 e. The average Bonchev–Trinajstić information content (AvgIpc) is 3.76. The Bertz CT molecular complexity index is 1900. The van der Waals surface area contributed by atoms with Gasteiger partial charge in [-0.2, -0.15) is 47.4 Å². The predicted octanol–water partition coefficient (Wildman–Crippen LogP) is 8.15. The van der Waals surface area contributed by atoms with Crippen molar-refractivity contribution in [2.45, 2.75) is 72.4 Å². The molecule has 0 aliphatic carbocycles. The van der Waals surface area contributed by atoms with Crippen LogP contribution in [0.2, 0.25) is 5.15 Å². The first-order valence-electron chi connectivity index (χ1n) is 13.7. The summed E-state index contributed by atoms with van der Waals surface area (Å²) in [5, 5.41) is 25.3. The summed E-state index contributed by atoms with van der Waals surface area (Å²) in [6, 6.07) is 0.652. The van der Waals surface area contributed by atoms with Crippen LogP contribution in [-0.2, 0) is 31.6 Å². The first kappa shape index (κ1) is 34.0. The van der Waals surface area contributed by atoms with Crippen molar-refractivity contribution in [2.24, 2.45) is 0 Å². The van der Waals surface area contributed by atoms with Gasteiger partial charge < -0.3 is 0 Å². The highest BCUT2D eigenvalue weighted by Gasteiger charge is 2.60. The molecule has 5 heterocycles. The van der Waals surface area contributed by atoms with Crippen LogP contribution < -0.4 is 0 Å². The maximum atomic E-state index is 14.2.